The number of aromatic nitrogens is 1. The Morgan fingerprint density at radius 1 is 1.53 bits per heavy atom. The summed E-state index contributed by atoms with van der Waals surface area (Å²) in [6.45, 7) is 3.51. The minimum atomic E-state index is -3.61. The maximum atomic E-state index is 11.9. The largest absolute Gasteiger partial charge is 0.301 e. The van der Waals surface area contributed by atoms with Gasteiger partial charge in [0, 0.05) is 23.8 Å². The van der Waals surface area contributed by atoms with Crippen LogP contribution in [-0.2, 0) is 10.2 Å². The highest BCUT2D eigenvalue weighted by Gasteiger charge is 2.26. The van der Waals surface area contributed by atoms with Crippen molar-refractivity contribution in [1.29, 1.82) is 0 Å². The normalized spacial score (nSPS) is 11.9. The van der Waals surface area contributed by atoms with E-state index in [2.05, 4.69) is 25.6 Å². The van der Waals surface area contributed by atoms with E-state index in [-0.39, 0.29) is 11.2 Å². The second kappa shape index (κ2) is 5.51. The molecule has 0 aliphatic heterocycles. The monoisotopic (exact) mass is 341 g/mol. The fourth-order valence-corrected chi connectivity index (χ4v) is 3.06. The van der Waals surface area contributed by atoms with Crippen molar-refractivity contribution in [2.45, 2.75) is 19.9 Å². The van der Waals surface area contributed by atoms with Crippen LogP contribution in [0.2, 0.25) is 5.15 Å². The quantitative estimate of drug-likeness (QED) is 0.853. The summed E-state index contributed by atoms with van der Waals surface area (Å²) in [5, 5.41) is 0.140. The van der Waals surface area contributed by atoms with Crippen molar-refractivity contribution in [3.63, 3.8) is 0 Å². The van der Waals surface area contributed by atoms with E-state index in [4.69, 9.17) is 11.6 Å². The first-order chi connectivity index (χ1) is 7.79. The predicted octanol–water partition coefficient (Wildman–Crippen LogP) is 2.18. The highest BCUT2D eigenvalue weighted by Crippen LogP contribution is 2.29. The molecule has 0 saturated carbocycles. The summed E-state index contributed by atoms with van der Waals surface area (Å²) in [6.07, 6.45) is 1.51. The molecular formula is C9H13BrClN3O2S. The van der Waals surface area contributed by atoms with Crippen molar-refractivity contribution in [2.24, 2.45) is 0 Å². The molecule has 1 aromatic heterocycles. The third-order valence-electron chi connectivity index (χ3n) is 2.01. The van der Waals surface area contributed by atoms with Crippen molar-refractivity contribution in [3.05, 3.63) is 21.9 Å². The Balaban J connectivity index is 3.39. The third-order valence-corrected chi connectivity index (χ3v) is 4.39. The molecule has 1 aromatic rings. The minimum absolute atomic E-state index is 0.140. The van der Waals surface area contributed by atoms with Crippen LogP contribution in [0, 0.1) is 0 Å². The SMILES string of the molecule is CNS(=O)(=O)N(c1cc(Br)cnc1Cl)C(C)C. The second-order valence-electron chi connectivity index (χ2n) is 3.56. The van der Waals surface area contributed by atoms with Gasteiger partial charge in [-0.3, -0.25) is 4.31 Å². The maximum absolute atomic E-state index is 11.9. The van der Waals surface area contributed by atoms with Gasteiger partial charge in [0.1, 0.15) is 0 Å². The number of rotatable bonds is 4. The molecule has 1 heterocycles. The van der Waals surface area contributed by atoms with Gasteiger partial charge in [0.15, 0.2) is 5.15 Å². The van der Waals surface area contributed by atoms with Gasteiger partial charge in [-0.25, -0.2) is 9.71 Å². The number of hydrogen-bond donors (Lipinski definition) is 1. The first-order valence-electron chi connectivity index (χ1n) is 4.83. The Bertz CT molecular complexity index is 507. The fourth-order valence-electron chi connectivity index (χ4n) is 1.35. The smallest absolute Gasteiger partial charge is 0.252 e. The Labute approximate surface area is 114 Å². The molecule has 0 atom stereocenters. The van der Waals surface area contributed by atoms with E-state index >= 15 is 0 Å². The summed E-state index contributed by atoms with van der Waals surface area (Å²) >= 11 is 9.17. The molecule has 0 aromatic carbocycles. The Hall–Kier alpha value is -0.370. The molecule has 0 saturated heterocycles. The van der Waals surface area contributed by atoms with Crippen LogP contribution in [0.5, 0.6) is 0 Å². The predicted molar refractivity (Wildman–Crippen MR) is 72.5 cm³/mol. The molecule has 96 valence electrons. The first kappa shape index (κ1) is 14.7. The molecule has 1 rings (SSSR count). The molecule has 0 aliphatic carbocycles. The zero-order valence-corrected chi connectivity index (χ0v) is 12.8. The molecule has 0 spiro atoms. The summed E-state index contributed by atoms with van der Waals surface area (Å²) in [5.74, 6) is 0. The van der Waals surface area contributed by atoms with Crippen molar-refractivity contribution < 1.29 is 8.42 Å². The van der Waals surface area contributed by atoms with E-state index in [1.165, 1.54) is 17.5 Å². The topological polar surface area (TPSA) is 62.3 Å². The maximum Gasteiger partial charge on any atom is 0.301 e. The fraction of sp³-hybridized carbons (Fsp3) is 0.444. The Morgan fingerprint density at radius 3 is 2.59 bits per heavy atom. The molecule has 0 bridgehead atoms. The summed E-state index contributed by atoms with van der Waals surface area (Å²) in [5.41, 5.74) is 0.338. The van der Waals surface area contributed by atoms with Crippen molar-refractivity contribution in [3.8, 4) is 0 Å². The molecular weight excluding hydrogens is 330 g/mol. The van der Waals surface area contributed by atoms with Gasteiger partial charge in [0.25, 0.3) is 0 Å². The molecule has 8 heteroatoms. The number of nitrogens with one attached hydrogen (secondary N) is 1. The average Bonchev–Trinajstić information content (AvgIpc) is 2.22. The van der Waals surface area contributed by atoms with Crippen LogP contribution in [0.15, 0.2) is 16.7 Å². The molecule has 0 amide bonds. The summed E-state index contributed by atoms with van der Waals surface area (Å²) in [7, 11) is -2.26. The number of anilines is 1. The molecule has 0 radical (unpaired) electrons. The van der Waals surface area contributed by atoms with E-state index in [1.807, 2.05) is 0 Å². The standard InChI is InChI=1S/C9H13BrClN3O2S/c1-6(2)14(17(15,16)12-3)8-4-7(10)5-13-9(8)11/h4-6,12H,1-3H3. The van der Waals surface area contributed by atoms with Crippen LogP contribution >= 0.6 is 27.5 Å². The molecule has 17 heavy (non-hydrogen) atoms. The van der Waals surface area contributed by atoms with E-state index in [0.29, 0.717) is 10.2 Å². The first-order valence-corrected chi connectivity index (χ1v) is 7.44. The highest BCUT2D eigenvalue weighted by molar-refractivity contribution is 9.10. The lowest BCUT2D eigenvalue weighted by molar-refractivity contribution is 0.576. The summed E-state index contributed by atoms with van der Waals surface area (Å²) in [6, 6.07) is 1.34. The summed E-state index contributed by atoms with van der Waals surface area (Å²) in [4.78, 5) is 3.91. The van der Waals surface area contributed by atoms with Crippen LogP contribution in [-0.4, -0.2) is 26.5 Å². The van der Waals surface area contributed by atoms with Crippen LogP contribution in [0.3, 0.4) is 0 Å². The van der Waals surface area contributed by atoms with Crippen LogP contribution in [0.25, 0.3) is 0 Å². The molecule has 0 aliphatic rings. The van der Waals surface area contributed by atoms with Crippen LogP contribution in [0.1, 0.15) is 13.8 Å². The van der Waals surface area contributed by atoms with E-state index < -0.39 is 10.2 Å². The lowest BCUT2D eigenvalue weighted by Gasteiger charge is -2.27. The molecule has 0 fully saturated rings. The van der Waals surface area contributed by atoms with Crippen molar-refractivity contribution in [2.75, 3.05) is 11.4 Å². The van der Waals surface area contributed by atoms with Gasteiger partial charge in [-0.05, 0) is 35.8 Å². The average molecular weight is 343 g/mol. The van der Waals surface area contributed by atoms with Gasteiger partial charge < -0.3 is 0 Å². The highest BCUT2D eigenvalue weighted by atomic mass is 79.9. The molecule has 0 unspecified atom stereocenters. The number of hydrogen-bond acceptors (Lipinski definition) is 3. The van der Waals surface area contributed by atoms with Gasteiger partial charge >= 0.3 is 10.2 Å². The Kier molecular flexibility index (Phi) is 4.77. The Morgan fingerprint density at radius 2 is 2.12 bits per heavy atom. The number of nitrogens with zero attached hydrogens (tertiary/aromatic N) is 2. The van der Waals surface area contributed by atoms with Gasteiger partial charge in [0.05, 0.1) is 5.69 Å². The summed E-state index contributed by atoms with van der Waals surface area (Å²) < 4.78 is 27.9. The number of pyridine rings is 1. The third kappa shape index (κ3) is 3.31. The van der Waals surface area contributed by atoms with Crippen LogP contribution < -0.4 is 9.03 Å². The van der Waals surface area contributed by atoms with Gasteiger partial charge in [0.2, 0.25) is 0 Å². The van der Waals surface area contributed by atoms with Gasteiger partial charge in [-0.15, -0.1) is 0 Å². The van der Waals surface area contributed by atoms with E-state index in [9.17, 15) is 8.42 Å². The van der Waals surface area contributed by atoms with Crippen LogP contribution in [0.4, 0.5) is 5.69 Å². The van der Waals surface area contributed by atoms with E-state index in [1.54, 1.807) is 19.9 Å². The van der Waals surface area contributed by atoms with Gasteiger partial charge in [-0.2, -0.15) is 8.42 Å². The minimum Gasteiger partial charge on any atom is -0.252 e. The lowest BCUT2D eigenvalue weighted by Crippen LogP contribution is -2.43. The zero-order valence-electron chi connectivity index (χ0n) is 9.61. The lowest BCUT2D eigenvalue weighted by atomic mass is 10.3. The number of halogens is 2. The van der Waals surface area contributed by atoms with Gasteiger partial charge in [-0.1, -0.05) is 11.6 Å². The zero-order chi connectivity index (χ0) is 13.2. The van der Waals surface area contributed by atoms with Crippen molar-refractivity contribution in [1.82, 2.24) is 9.71 Å². The molecule has 5 nitrogen and oxygen atoms in total. The van der Waals surface area contributed by atoms with E-state index in [0.717, 1.165) is 0 Å². The second-order valence-corrected chi connectivity index (χ2v) is 6.59. The van der Waals surface area contributed by atoms with Crippen molar-refractivity contribution >= 4 is 43.4 Å². The molecule has 1 N–H and O–H groups in total.